The summed E-state index contributed by atoms with van der Waals surface area (Å²) in [6.07, 6.45) is 4.37. The topological polar surface area (TPSA) is 0 Å². The fourth-order valence-corrected chi connectivity index (χ4v) is 1.58. The van der Waals surface area contributed by atoms with Crippen LogP contribution in [0.4, 0.5) is 0 Å². The Morgan fingerprint density at radius 3 is 2.14 bits per heavy atom. The minimum Gasteiger partial charge on any atom is -0.123 e. The van der Waals surface area contributed by atoms with Gasteiger partial charge in [0.15, 0.2) is 0 Å². The van der Waals surface area contributed by atoms with E-state index in [1.807, 2.05) is 0 Å². The van der Waals surface area contributed by atoms with Crippen molar-refractivity contribution in [2.45, 2.75) is 44.9 Å². The van der Waals surface area contributed by atoms with Crippen LogP contribution in [-0.4, -0.2) is 5.38 Å². The van der Waals surface area contributed by atoms with Gasteiger partial charge in [0.2, 0.25) is 0 Å². The van der Waals surface area contributed by atoms with Crippen LogP contribution in [0.15, 0.2) is 24.3 Å². The SMILES string of the molecule is CCc1ccc(CCC(Cl)CC)cc1. The van der Waals surface area contributed by atoms with Crippen molar-refractivity contribution < 1.29 is 0 Å². The third-order valence-electron chi connectivity index (χ3n) is 2.62. The lowest BCUT2D eigenvalue weighted by Gasteiger charge is -2.06. The zero-order chi connectivity index (χ0) is 10.4. The number of hydrogen-bond donors (Lipinski definition) is 0. The van der Waals surface area contributed by atoms with Gasteiger partial charge in [0, 0.05) is 5.38 Å². The fourth-order valence-electron chi connectivity index (χ4n) is 1.47. The molecule has 0 amide bonds. The monoisotopic (exact) mass is 210 g/mol. The largest absolute Gasteiger partial charge is 0.123 e. The lowest BCUT2D eigenvalue weighted by atomic mass is 10.0. The molecule has 0 N–H and O–H groups in total. The van der Waals surface area contributed by atoms with Crippen molar-refractivity contribution in [2.24, 2.45) is 0 Å². The van der Waals surface area contributed by atoms with Crippen LogP contribution in [0.3, 0.4) is 0 Å². The van der Waals surface area contributed by atoms with E-state index in [0.717, 1.165) is 25.7 Å². The highest BCUT2D eigenvalue weighted by atomic mass is 35.5. The number of halogens is 1. The third-order valence-corrected chi connectivity index (χ3v) is 3.15. The third kappa shape index (κ3) is 3.71. The Balaban J connectivity index is 2.43. The number of alkyl halides is 1. The zero-order valence-corrected chi connectivity index (χ0v) is 9.85. The summed E-state index contributed by atoms with van der Waals surface area (Å²) in [4.78, 5) is 0. The molecule has 14 heavy (non-hydrogen) atoms. The van der Waals surface area contributed by atoms with E-state index >= 15 is 0 Å². The molecule has 0 radical (unpaired) electrons. The summed E-state index contributed by atoms with van der Waals surface area (Å²) in [5.74, 6) is 0. The molecule has 0 aromatic heterocycles. The predicted molar refractivity (Wildman–Crippen MR) is 64.1 cm³/mol. The molecule has 1 aromatic carbocycles. The summed E-state index contributed by atoms with van der Waals surface area (Å²) in [6, 6.07) is 8.87. The maximum absolute atomic E-state index is 6.07. The highest BCUT2D eigenvalue weighted by Gasteiger charge is 2.01. The van der Waals surface area contributed by atoms with Gasteiger partial charge in [0.25, 0.3) is 0 Å². The van der Waals surface area contributed by atoms with Crippen LogP contribution in [0.2, 0.25) is 0 Å². The molecule has 78 valence electrons. The van der Waals surface area contributed by atoms with E-state index in [4.69, 9.17) is 11.6 Å². The average Bonchev–Trinajstić information content (AvgIpc) is 2.26. The van der Waals surface area contributed by atoms with Gasteiger partial charge in [-0.05, 0) is 36.8 Å². The second-order valence-electron chi connectivity index (χ2n) is 3.71. The Labute approximate surface area is 92.3 Å². The van der Waals surface area contributed by atoms with Gasteiger partial charge in [-0.15, -0.1) is 11.6 Å². The molecular weight excluding hydrogens is 192 g/mol. The maximum atomic E-state index is 6.07. The van der Waals surface area contributed by atoms with Gasteiger partial charge in [-0.25, -0.2) is 0 Å². The summed E-state index contributed by atoms with van der Waals surface area (Å²) in [7, 11) is 0. The number of aryl methyl sites for hydroxylation is 2. The first-order valence-electron chi connectivity index (χ1n) is 5.48. The van der Waals surface area contributed by atoms with E-state index in [1.54, 1.807) is 0 Å². The molecule has 1 atom stereocenters. The van der Waals surface area contributed by atoms with Crippen LogP contribution in [0.5, 0.6) is 0 Å². The van der Waals surface area contributed by atoms with Gasteiger partial charge in [-0.2, -0.15) is 0 Å². The highest BCUT2D eigenvalue weighted by Crippen LogP contribution is 2.12. The molecule has 0 aliphatic heterocycles. The second kappa shape index (κ2) is 6.08. The normalized spacial score (nSPS) is 12.8. The fraction of sp³-hybridized carbons (Fsp3) is 0.538. The van der Waals surface area contributed by atoms with E-state index < -0.39 is 0 Å². The molecule has 0 nitrogen and oxygen atoms in total. The average molecular weight is 211 g/mol. The predicted octanol–water partition coefficient (Wildman–Crippen LogP) is 4.20. The molecule has 1 heteroatoms. The second-order valence-corrected chi connectivity index (χ2v) is 4.33. The smallest absolute Gasteiger partial charge is 0.0336 e. The highest BCUT2D eigenvalue weighted by molar-refractivity contribution is 6.20. The molecule has 0 saturated heterocycles. The number of rotatable bonds is 5. The standard InChI is InChI=1S/C13H19Cl/c1-3-11-5-7-12(8-6-11)9-10-13(14)4-2/h5-8,13H,3-4,9-10H2,1-2H3. The van der Waals surface area contributed by atoms with Crippen LogP contribution in [0.25, 0.3) is 0 Å². The number of hydrogen-bond acceptors (Lipinski definition) is 0. The van der Waals surface area contributed by atoms with Crippen molar-refractivity contribution in [1.82, 2.24) is 0 Å². The lowest BCUT2D eigenvalue weighted by molar-refractivity contribution is 0.726. The summed E-state index contributed by atoms with van der Waals surface area (Å²) < 4.78 is 0. The summed E-state index contributed by atoms with van der Waals surface area (Å²) in [5.41, 5.74) is 2.81. The quantitative estimate of drug-likeness (QED) is 0.639. The molecule has 0 spiro atoms. The van der Waals surface area contributed by atoms with Crippen molar-refractivity contribution in [3.63, 3.8) is 0 Å². The molecule has 1 unspecified atom stereocenters. The van der Waals surface area contributed by atoms with Crippen molar-refractivity contribution in [1.29, 1.82) is 0 Å². The summed E-state index contributed by atoms with van der Waals surface area (Å²) in [6.45, 7) is 4.32. The minimum atomic E-state index is 0.334. The molecule has 0 aliphatic carbocycles. The Morgan fingerprint density at radius 1 is 1.07 bits per heavy atom. The molecule has 0 fully saturated rings. The van der Waals surface area contributed by atoms with Gasteiger partial charge in [-0.3, -0.25) is 0 Å². The first-order valence-corrected chi connectivity index (χ1v) is 5.91. The van der Waals surface area contributed by atoms with Crippen LogP contribution < -0.4 is 0 Å². The Kier molecular flexibility index (Phi) is 5.03. The van der Waals surface area contributed by atoms with Crippen LogP contribution >= 0.6 is 11.6 Å². The summed E-state index contributed by atoms with van der Waals surface area (Å²) in [5, 5.41) is 0.334. The van der Waals surface area contributed by atoms with Gasteiger partial charge in [0.1, 0.15) is 0 Å². The van der Waals surface area contributed by atoms with E-state index in [0.29, 0.717) is 5.38 Å². The van der Waals surface area contributed by atoms with E-state index in [1.165, 1.54) is 11.1 Å². The van der Waals surface area contributed by atoms with Crippen LogP contribution in [-0.2, 0) is 12.8 Å². The zero-order valence-electron chi connectivity index (χ0n) is 9.09. The van der Waals surface area contributed by atoms with Crippen LogP contribution in [0, 0.1) is 0 Å². The van der Waals surface area contributed by atoms with E-state index in [-0.39, 0.29) is 0 Å². The number of benzene rings is 1. The van der Waals surface area contributed by atoms with Crippen molar-refractivity contribution in [3.8, 4) is 0 Å². The minimum absolute atomic E-state index is 0.334. The summed E-state index contributed by atoms with van der Waals surface area (Å²) >= 11 is 6.07. The lowest BCUT2D eigenvalue weighted by Crippen LogP contribution is -1.98. The molecule has 0 saturated carbocycles. The Bertz CT molecular complexity index is 250. The van der Waals surface area contributed by atoms with E-state index in [9.17, 15) is 0 Å². The molecule has 1 aromatic rings. The molecular formula is C13H19Cl. The first-order chi connectivity index (χ1) is 6.76. The van der Waals surface area contributed by atoms with E-state index in [2.05, 4.69) is 38.1 Å². The Hall–Kier alpha value is -0.490. The molecule has 0 aliphatic rings. The van der Waals surface area contributed by atoms with Gasteiger partial charge in [0.05, 0.1) is 0 Å². The van der Waals surface area contributed by atoms with Gasteiger partial charge < -0.3 is 0 Å². The van der Waals surface area contributed by atoms with Gasteiger partial charge >= 0.3 is 0 Å². The van der Waals surface area contributed by atoms with Crippen molar-refractivity contribution >= 4 is 11.6 Å². The first kappa shape index (κ1) is 11.6. The van der Waals surface area contributed by atoms with Crippen LogP contribution in [0.1, 0.15) is 37.8 Å². The molecule has 0 bridgehead atoms. The molecule has 1 rings (SSSR count). The van der Waals surface area contributed by atoms with Crippen molar-refractivity contribution in [3.05, 3.63) is 35.4 Å². The molecule has 0 heterocycles. The van der Waals surface area contributed by atoms with Crippen molar-refractivity contribution in [2.75, 3.05) is 0 Å². The Morgan fingerprint density at radius 2 is 1.64 bits per heavy atom. The van der Waals surface area contributed by atoms with Gasteiger partial charge in [-0.1, -0.05) is 38.1 Å². The maximum Gasteiger partial charge on any atom is 0.0336 e.